The van der Waals surface area contributed by atoms with Crippen LogP contribution >= 0.6 is 34.3 Å². The van der Waals surface area contributed by atoms with Crippen molar-refractivity contribution >= 4 is 65.5 Å². The van der Waals surface area contributed by atoms with Crippen molar-refractivity contribution in [1.29, 1.82) is 0 Å². The zero-order valence-corrected chi connectivity index (χ0v) is 21.5. The van der Waals surface area contributed by atoms with E-state index in [-0.39, 0.29) is 19.1 Å². The third kappa shape index (κ3) is 4.32. The Morgan fingerprint density at radius 1 is 1.06 bits per heavy atom. The molecule has 1 saturated heterocycles. The van der Waals surface area contributed by atoms with Gasteiger partial charge in [0.15, 0.2) is 5.13 Å². The molecule has 2 aliphatic rings. The SMILES string of the molecule is CN(C)c1nc2c(s1)CN(C(=O)N1CCN(S(=O)(=O)c3cc4ccc(Cl)cc4s3)CC1)CC2. The number of halogens is 1. The van der Waals surface area contributed by atoms with Crippen LogP contribution in [0.1, 0.15) is 10.6 Å². The summed E-state index contributed by atoms with van der Waals surface area (Å²) < 4.78 is 29.0. The number of urea groups is 1. The second kappa shape index (κ2) is 8.70. The standard InChI is InChI=1S/C21H24ClN5O3S3/c1-24(2)20-23-16-5-6-26(13-18(16)32-20)21(28)25-7-9-27(10-8-25)33(29,30)19-11-14-3-4-15(22)12-17(14)31-19/h3-4,11-12H,5-10,13H2,1-2H3. The largest absolute Gasteiger partial charge is 0.354 e. The maximum Gasteiger partial charge on any atom is 0.320 e. The first-order valence-corrected chi connectivity index (χ1v) is 14.1. The lowest BCUT2D eigenvalue weighted by molar-refractivity contribution is 0.130. The molecule has 0 spiro atoms. The lowest BCUT2D eigenvalue weighted by atomic mass is 10.2. The fourth-order valence-electron chi connectivity index (χ4n) is 4.09. The van der Waals surface area contributed by atoms with Crippen molar-refractivity contribution in [3.05, 3.63) is 39.9 Å². The lowest BCUT2D eigenvalue weighted by Crippen LogP contribution is -2.54. The van der Waals surface area contributed by atoms with Crippen LogP contribution < -0.4 is 4.90 Å². The van der Waals surface area contributed by atoms with Crippen molar-refractivity contribution in [2.24, 2.45) is 0 Å². The highest BCUT2D eigenvalue weighted by Crippen LogP contribution is 2.33. The third-order valence-electron chi connectivity index (χ3n) is 5.94. The zero-order chi connectivity index (χ0) is 23.3. The molecule has 0 atom stereocenters. The van der Waals surface area contributed by atoms with E-state index in [1.165, 1.54) is 15.6 Å². The first-order valence-electron chi connectivity index (χ1n) is 10.6. The second-order valence-corrected chi connectivity index (χ2v) is 13.1. The van der Waals surface area contributed by atoms with Gasteiger partial charge in [-0.25, -0.2) is 18.2 Å². The number of hydrogen-bond donors (Lipinski definition) is 0. The fraction of sp³-hybridized carbons (Fsp3) is 0.429. The molecule has 2 amide bonds. The molecule has 1 aromatic carbocycles. The minimum atomic E-state index is -3.61. The molecule has 12 heteroatoms. The number of benzene rings is 1. The van der Waals surface area contributed by atoms with Crippen LogP contribution in [-0.2, 0) is 23.0 Å². The topological polar surface area (TPSA) is 77.1 Å². The van der Waals surface area contributed by atoms with Gasteiger partial charge >= 0.3 is 6.03 Å². The van der Waals surface area contributed by atoms with Gasteiger partial charge in [0.2, 0.25) is 0 Å². The van der Waals surface area contributed by atoms with Crippen molar-refractivity contribution in [1.82, 2.24) is 19.1 Å². The molecule has 5 rings (SSSR count). The van der Waals surface area contributed by atoms with Crippen LogP contribution in [0.3, 0.4) is 0 Å². The summed E-state index contributed by atoms with van der Waals surface area (Å²) in [7, 11) is 0.324. The molecule has 4 heterocycles. The quantitative estimate of drug-likeness (QED) is 0.522. The predicted octanol–water partition coefficient (Wildman–Crippen LogP) is 3.56. The van der Waals surface area contributed by atoms with Crippen LogP contribution in [0, 0.1) is 0 Å². The normalized spacial score (nSPS) is 17.4. The highest BCUT2D eigenvalue weighted by molar-refractivity contribution is 7.91. The van der Waals surface area contributed by atoms with Crippen molar-refractivity contribution in [2.45, 2.75) is 17.2 Å². The summed E-state index contributed by atoms with van der Waals surface area (Å²) in [5, 5.41) is 2.40. The summed E-state index contributed by atoms with van der Waals surface area (Å²) >= 11 is 8.90. The van der Waals surface area contributed by atoms with Gasteiger partial charge in [-0.15, -0.1) is 11.3 Å². The number of sulfonamides is 1. The molecule has 0 N–H and O–H groups in total. The van der Waals surface area contributed by atoms with Crippen LogP contribution in [0.4, 0.5) is 9.93 Å². The first kappa shape index (κ1) is 22.9. The van der Waals surface area contributed by atoms with E-state index in [0.717, 1.165) is 32.2 Å². The van der Waals surface area contributed by atoms with E-state index in [4.69, 9.17) is 11.6 Å². The number of carbonyl (C=O) groups is 1. The summed E-state index contributed by atoms with van der Waals surface area (Å²) in [5.74, 6) is 0. The van der Waals surface area contributed by atoms with Crippen LogP contribution in [-0.4, -0.2) is 80.4 Å². The van der Waals surface area contributed by atoms with Crippen molar-refractivity contribution < 1.29 is 13.2 Å². The second-order valence-electron chi connectivity index (χ2n) is 8.35. The van der Waals surface area contributed by atoms with Gasteiger partial charge in [0, 0.05) is 67.8 Å². The molecule has 0 aliphatic carbocycles. The number of thiazole rings is 1. The minimum absolute atomic E-state index is 0.0333. The van der Waals surface area contributed by atoms with E-state index < -0.39 is 10.0 Å². The number of anilines is 1. The van der Waals surface area contributed by atoms with Crippen LogP contribution in [0.15, 0.2) is 28.5 Å². The van der Waals surface area contributed by atoms with E-state index in [1.807, 2.05) is 30.0 Å². The van der Waals surface area contributed by atoms with E-state index in [2.05, 4.69) is 4.98 Å². The molecule has 0 bridgehead atoms. The Kier molecular flexibility index (Phi) is 6.02. The fourth-order valence-corrected chi connectivity index (χ4v) is 8.39. The summed E-state index contributed by atoms with van der Waals surface area (Å²) in [4.78, 5) is 24.5. The summed E-state index contributed by atoms with van der Waals surface area (Å²) in [6, 6.07) is 7.04. The minimum Gasteiger partial charge on any atom is -0.354 e. The number of fused-ring (bicyclic) bond motifs is 2. The van der Waals surface area contributed by atoms with Crippen LogP contribution in [0.2, 0.25) is 5.02 Å². The highest BCUT2D eigenvalue weighted by atomic mass is 35.5. The highest BCUT2D eigenvalue weighted by Gasteiger charge is 2.34. The number of thiophene rings is 1. The molecule has 1 fully saturated rings. The average molecular weight is 526 g/mol. The smallest absolute Gasteiger partial charge is 0.320 e. The number of hydrogen-bond acceptors (Lipinski definition) is 7. The van der Waals surface area contributed by atoms with Gasteiger partial charge < -0.3 is 14.7 Å². The van der Waals surface area contributed by atoms with E-state index in [1.54, 1.807) is 34.4 Å². The Hall–Kier alpha value is -1.92. The molecule has 2 aromatic heterocycles. The Morgan fingerprint density at radius 3 is 2.55 bits per heavy atom. The maximum atomic E-state index is 13.2. The Morgan fingerprint density at radius 2 is 1.82 bits per heavy atom. The molecule has 33 heavy (non-hydrogen) atoms. The van der Waals surface area contributed by atoms with E-state index in [9.17, 15) is 13.2 Å². The molecule has 0 saturated carbocycles. The molecule has 0 radical (unpaired) electrons. The number of nitrogens with zero attached hydrogens (tertiary/aromatic N) is 5. The Bertz CT molecular complexity index is 1310. The molecule has 2 aliphatic heterocycles. The molecule has 3 aromatic rings. The van der Waals surface area contributed by atoms with Gasteiger partial charge in [-0.3, -0.25) is 0 Å². The van der Waals surface area contributed by atoms with Crippen molar-refractivity contribution in [2.75, 3.05) is 51.7 Å². The van der Waals surface area contributed by atoms with Gasteiger partial charge in [-0.2, -0.15) is 4.31 Å². The zero-order valence-electron chi connectivity index (χ0n) is 18.3. The molecular weight excluding hydrogens is 502 g/mol. The summed E-state index contributed by atoms with van der Waals surface area (Å²) in [6.07, 6.45) is 0.746. The number of amides is 2. The Labute approximate surface area is 206 Å². The Balaban J connectivity index is 1.24. The maximum absolute atomic E-state index is 13.2. The van der Waals surface area contributed by atoms with E-state index in [0.29, 0.717) is 35.4 Å². The number of rotatable bonds is 3. The molecular formula is C21H24ClN5O3S3. The first-order chi connectivity index (χ1) is 15.7. The third-order valence-corrected chi connectivity index (χ3v) is 10.9. The lowest BCUT2D eigenvalue weighted by Gasteiger charge is -2.37. The molecule has 176 valence electrons. The van der Waals surface area contributed by atoms with Crippen LogP contribution in [0.25, 0.3) is 10.1 Å². The average Bonchev–Trinajstić information content (AvgIpc) is 3.42. The van der Waals surface area contributed by atoms with Crippen molar-refractivity contribution in [3.63, 3.8) is 0 Å². The van der Waals surface area contributed by atoms with Gasteiger partial charge in [0.25, 0.3) is 10.0 Å². The molecule has 0 unspecified atom stereocenters. The number of carbonyl (C=O) groups excluding carboxylic acids is 1. The predicted molar refractivity (Wildman–Crippen MR) is 133 cm³/mol. The van der Waals surface area contributed by atoms with Crippen molar-refractivity contribution in [3.8, 4) is 0 Å². The number of piperazine rings is 1. The van der Waals surface area contributed by atoms with Crippen LogP contribution in [0.5, 0.6) is 0 Å². The van der Waals surface area contributed by atoms with E-state index >= 15 is 0 Å². The monoisotopic (exact) mass is 525 g/mol. The van der Waals surface area contributed by atoms with Gasteiger partial charge in [0.1, 0.15) is 4.21 Å². The summed E-state index contributed by atoms with van der Waals surface area (Å²) in [6.45, 7) is 2.52. The van der Waals surface area contributed by atoms with Gasteiger partial charge in [-0.1, -0.05) is 29.0 Å². The van der Waals surface area contributed by atoms with Gasteiger partial charge in [-0.05, 0) is 23.6 Å². The van der Waals surface area contributed by atoms with Gasteiger partial charge in [0.05, 0.1) is 12.2 Å². The molecule has 8 nitrogen and oxygen atoms in total. The number of aromatic nitrogens is 1. The summed E-state index contributed by atoms with van der Waals surface area (Å²) in [5.41, 5.74) is 1.08.